The molecule has 0 spiro atoms. The lowest BCUT2D eigenvalue weighted by Crippen LogP contribution is -2.39. The van der Waals surface area contributed by atoms with E-state index in [4.69, 9.17) is 4.74 Å². The second-order valence-corrected chi connectivity index (χ2v) is 8.94. The first kappa shape index (κ1) is 23.2. The van der Waals surface area contributed by atoms with Crippen LogP contribution in [0.3, 0.4) is 0 Å². The molecule has 9 nitrogen and oxygen atoms in total. The van der Waals surface area contributed by atoms with Crippen LogP contribution in [0.25, 0.3) is 0 Å². The Labute approximate surface area is 193 Å². The van der Waals surface area contributed by atoms with Crippen molar-refractivity contribution in [3.63, 3.8) is 0 Å². The van der Waals surface area contributed by atoms with Gasteiger partial charge in [0.25, 0.3) is 0 Å². The number of nitrogens with one attached hydrogen (secondary N) is 1. The Morgan fingerprint density at radius 2 is 1.82 bits per heavy atom. The minimum absolute atomic E-state index is 0.0148. The van der Waals surface area contributed by atoms with Crippen molar-refractivity contribution in [2.45, 2.75) is 57.4 Å². The molecule has 2 aliphatic rings. The quantitative estimate of drug-likeness (QED) is 0.645. The highest BCUT2D eigenvalue weighted by atomic mass is 16.5. The number of rotatable bonds is 7. The molecule has 1 aliphatic heterocycles. The number of aryl methyl sites for hydroxylation is 1. The number of hydrogen-bond acceptors (Lipinski definition) is 6. The Morgan fingerprint density at radius 1 is 1.12 bits per heavy atom. The van der Waals surface area contributed by atoms with Gasteiger partial charge in [-0.25, -0.2) is 14.3 Å². The zero-order chi connectivity index (χ0) is 23.4. The number of piperidine rings is 1. The molecule has 4 rings (SSSR count). The second-order valence-electron chi connectivity index (χ2n) is 8.94. The molecule has 1 N–H and O–H groups in total. The third-order valence-electron chi connectivity index (χ3n) is 6.69. The summed E-state index contributed by atoms with van der Waals surface area (Å²) in [6, 6.07) is 7.15. The normalized spacial score (nSPS) is 17.9. The average Bonchev–Trinajstić information content (AvgIpc) is 3.43. The zero-order valence-electron chi connectivity index (χ0n) is 19.5. The number of para-hydroxylation sites is 1. The number of nitrogens with zero attached hydrogens (tertiary/aromatic N) is 4. The van der Waals surface area contributed by atoms with Gasteiger partial charge in [-0.3, -0.25) is 14.3 Å². The second kappa shape index (κ2) is 10.3. The maximum atomic E-state index is 12.7. The van der Waals surface area contributed by atoms with Crippen molar-refractivity contribution >= 4 is 17.6 Å². The Morgan fingerprint density at radius 3 is 2.52 bits per heavy atom. The molecule has 1 aliphatic carbocycles. The maximum absolute atomic E-state index is 12.7. The smallest absolute Gasteiger partial charge is 0.345 e. The van der Waals surface area contributed by atoms with Gasteiger partial charge in [-0.1, -0.05) is 25.0 Å². The van der Waals surface area contributed by atoms with Gasteiger partial charge in [-0.15, -0.1) is 0 Å². The minimum Gasteiger partial charge on any atom is -0.462 e. The highest BCUT2D eigenvalue weighted by Gasteiger charge is 2.30. The number of likely N-dealkylation sites (tertiary alicyclic amines) is 1. The van der Waals surface area contributed by atoms with Crippen LogP contribution in [0.5, 0.6) is 0 Å². The molecule has 0 unspecified atom stereocenters. The molecule has 9 heteroatoms. The minimum atomic E-state index is -0.446. The molecule has 0 radical (unpaired) electrons. The molecule has 1 amide bonds. The SMILES string of the molecule is CCOC(=O)c1ccccc1NC(=O)CN1CCC(c2nn(C)c(=O)n2C2CCCC2)CC1. The fraction of sp³-hybridized carbons (Fsp3) is 0.583. The van der Waals surface area contributed by atoms with E-state index in [0.717, 1.165) is 57.4 Å². The van der Waals surface area contributed by atoms with Gasteiger partial charge in [0.2, 0.25) is 5.91 Å². The standard InChI is InChI=1S/C24H33N5O4/c1-3-33-23(31)19-10-6-7-11-20(19)25-21(30)16-28-14-12-17(13-15-28)22-26-27(2)24(32)29(22)18-8-4-5-9-18/h6-7,10-11,17-18H,3-5,8-9,12-16H2,1-2H3,(H,25,30). The van der Waals surface area contributed by atoms with E-state index in [1.165, 1.54) is 4.68 Å². The van der Waals surface area contributed by atoms with Gasteiger partial charge < -0.3 is 10.1 Å². The van der Waals surface area contributed by atoms with E-state index >= 15 is 0 Å². The monoisotopic (exact) mass is 455 g/mol. The van der Waals surface area contributed by atoms with E-state index in [-0.39, 0.29) is 36.7 Å². The van der Waals surface area contributed by atoms with Crippen LogP contribution >= 0.6 is 0 Å². The summed E-state index contributed by atoms with van der Waals surface area (Å²) in [5.41, 5.74) is 0.801. The lowest BCUT2D eigenvalue weighted by molar-refractivity contribution is -0.117. The number of carbonyl (C=O) groups excluding carboxylic acids is 2. The first-order chi connectivity index (χ1) is 16.0. The Hall–Kier alpha value is -2.94. The summed E-state index contributed by atoms with van der Waals surface area (Å²) in [6.07, 6.45) is 6.14. The fourth-order valence-electron chi connectivity index (χ4n) is 5.00. The number of ether oxygens (including phenoxy) is 1. The molecule has 178 valence electrons. The highest BCUT2D eigenvalue weighted by Crippen LogP contribution is 2.33. The summed E-state index contributed by atoms with van der Waals surface area (Å²) < 4.78 is 8.48. The van der Waals surface area contributed by atoms with Crippen molar-refractivity contribution in [1.82, 2.24) is 19.2 Å². The third kappa shape index (κ3) is 5.19. The van der Waals surface area contributed by atoms with E-state index < -0.39 is 5.97 Å². The number of aromatic nitrogens is 3. The molecule has 1 aromatic heterocycles. The summed E-state index contributed by atoms with van der Waals surface area (Å²) in [5, 5.41) is 7.44. The van der Waals surface area contributed by atoms with Crippen molar-refractivity contribution in [2.24, 2.45) is 7.05 Å². The van der Waals surface area contributed by atoms with Gasteiger partial charge in [0.1, 0.15) is 5.82 Å². The summed E-state index contributed by atoms with van der Waals surface area (Å²) in [5.74, 6) is 0.522. The van der Waals surface area contributed by atoms with Crippen molar-refractivity contribution < 1.29 is 14.3 Å². The van der Waals surface area contributed by atoms with Crippen molar-refractivity contribution in [2.75, 3.05) is 31.6 Å². The number of hydrogen-bond donors (Lipinski definition) is 1. The van der Waals surface area contributed by atoms with Gasteiger partial charge in [-0.2, -0.15) is 5.10 Å². The van der Waals surface area contributed by atoms with E-state index in [9.17, 15) is 14.4 Å². The molecule has 2 fully saturated rings. The van der Waals surface area contributed by atoms with E-state index in [1.807, 2.05) is 4.57 Å². The largest absolute Gasteiger partial charge is 0.462 e. The number of amides is 1. The van der Waals surface area contributed by atoms with Crippen LogP contribution < -0.4 is 11.0 Å². The number of carbonyl (C=O) groups is 2. The molecular weight excluding hydrogens is 422 g/mol. The van der Waals surface area contributed by atoms with Crippen molar-refractivity contribution in [3.05, 3.63) is 46.1 Å². The lowest BCUT2D eigenvalue weighted by atomic mass is 9.95. The number of esters is 1. The van der Waals surface area contributed by atoms with Crippen LogP contribution in [-0.4, -0.2) is 57.4 Å². The Bertz CT molecular complexity index is 1050. The zero-order valence-corrected chi connectivity index (χ0v) is 19.5. The summed E-state index contributed by atoms with van der Waals surface area (Å²) in [7, 11) is 1.73. The number of benzene rings is 1. The van der Waals surface area contributed by atoms with Crippen LogP contribution in [0.15, 0.2) is 29.1 Å². The predicted octanol–water partition coefficient (Wildman–Crippen LogP) is 2.69. The lowest BCUT2D eigenvalue weighted by Gasteiger charge is -2.31. The van der Waals surface area contributed by atoms with Crippen LogP contribution in [-0.2, 0) is 16.6 Å². The molecule has 2 heterocycles. The van der Waals surface area contributed by atoms with E-state index in [1.54, 1.807) is 38.2 Å². The Balaban J connectivity index is 1.35. The Kier molecular flexibility index (Phi) is 7.27. The van der Waals surface area contributed by atoms with Gasteiger partial charge in [0, 0.05) is 19.0 Å². The first-order valence-corrected chi connectivity index (χ1v) is 11.9. The van der Waals surface area contributed by atoms with Gasteiger partial charge in [0.05, 0.1) is 24.4 Å². The molecule has 2 aromatic rings. The average molecular weight is 456 g/mol. The summed E-state index contributed by atoms with van der Waals surface area (Å²) >= 11 is 0. The molecule has 1 saturated heterocycles. The topological polar surface area (TPSA) is 98.5 Å². The van der Waals surface area contributed by atoms with Crippen molar-refractivity contribution in [3.8, 4) is 0 Å². The first-order valence-electron chi connectivity index (χ1n) is 11.9. The predicted molar refractivity (Wildman–Crippen MR) is 124 cm³/mol. The van der Waals surface area contributed by atoms with Crippen molar-refractivity contribution in [1.29, 1.82) is 0 Å². The third-order valence-corrected chi connectivity index (χ3v) is 6.69. The highest BCUT2D eigenvalue weighted by molar-refractivity contribution is 6.01. The van der Waals surface area contributed by atoms with Crippen LogP contribution in [0.2, 0.25) is 0 Å². The summed E-state index contributed by atoms with van der Waals surface area (Å²) in [4.78, 5) is 39.6. The maximum Gasteiger partial charge on any atom is 0.345 e. The molecule has 0 atom stereocenters. The molecule has 33 heavy (non-hydrogen) atoms. The molecule has 0 bridgehead atoms. The fourth-order valence-corrected chi connectivity index (χ4v) is 5.00. The van der Waals surface area contributed by atoms with Gasteiger partial charge >= 0.3 is 11.7 Å². The van der Waals surface area contributed by atoms with Crippen LogP contribution in [0.1, 0.15) is 73.6 Å². The summed E-state index contributed by atoms with van der Waals surface area (Å²) in [6.45, 7) is 3.79. The van der Waals surface area contributed by atoms with Crippen LogP contribution in [0, 0.1) is 0 Å². The molecular formula is C24H33N5O4. The van der Waals surface area contributed by atoms with E-state index in [0.29, 0.717) is 11.3 Å². The van der Waals surface area contributed by atoms with Crippen LogP contribution in [0.4, 0.5) is 5.69 Å². The van der Waals surface area contributed by atoms with Gasteiger partial charge in [-0.05, 0) is 57.8 Å². The van der Waals surface area contributed by atoms with E-state index in [2.05, 4.69) is 15.3 Å². The molecule has 1 aromatic carbocycles. The molecule has 1 saturated carbocycles. The number of anilines is 1. The van der Waals surface area contributed by atoms with Gasteiger partial charge in [0.15, 0.2) is 0 Å².